The molecule has 0 spiro atoms. The highest BCUT2D eigenvalue weighted by molar-refractivity contribution is 9.11. The molecule has 18 heavy (non-hydrogen) atoms. The van der Waals surface area contributed by atoms with E-state index in [4.69, 9.17) is 0 Å². The van der Waals surface area contributed by atoms with E-state index in [2.05, 4.69) is 21.2 Å². The SMILES string of the molecule is CNC(Cc1ccc(Br)s1)c1cc(F)cc(F)c1. The fraction of sp³-hybridized carbons (Fsp3) is 0.231. The van der Waals surface area contributed by atoms with E-state index in [0.717, 1.165) is 14.7 Å². The first-order valence-electron chi connectivity index (χ1n) is 5.46. The quantitative estimate of drug-likeness (QED) is 0.881. The summed E-state index contributed by atoms with van der Waals surface area (Å²) in [6.07, 6.45) is 0.704. The van der Waals surface area contributed by atoms with Gasteiger partial charge in [0.05, 0.1) is 3.79 Å². The van der Waals surface area contributed by atoms with Gasteiger partial charge >= 0.3 is 0 Å². The van der Waals surface area contributed by atoms with Gasteiger partial charge in [-0.25, -0.2) is 8.78 Å². The summed E-state index contributed by atoms with van der Waals surface area (Å²) in [5.74, 6) is -1.09. The molecule has 2 rings (SSSR count). The zero-order valence-electron chi connectivity index (χ0n) is 9.71. The van der Waals surface area contributed by atoms with Crippen LogP contribution in [0.4, 0.5) is 8.78 Å². The summed E-state index contributed by atoms with van der Waals surface area (Å²) in [4.78, 5) is 1.16. The van der Waals surface area contributed by atoms with Crippen LogP contribution in [0.2, 0.25) is 0 Å². The van der Waals surface area contributed by atoms with Crippen molar-refractivity contribution in [1.29, 1.82) is 0 Å². The number of hydrogen-bond donors (Lipinski definition) is 1. The highest BCUT2D eigenvalue weighted by Gasteiger charge is 2.13. The predicted molar refractivity (Wildman–Crippen MR) is 73.9 cm³/mol. The van der Waals surface area contributed by atoms with Gasteiger partial charge in [-0.1, -0.05) is 0 Å². The minimum atomic E-state index is -0.544. The summed E-state index contributed by atoms with van der Waals surface area (Å²) in [5.41, 5.74) is 0.625. The Labute approximate surface area is 117 Å². The molecule has 0 aliphatic rings. The Morgan fingerprint density at radius 2 is 1.89 bits per heavy atom. The van der Waals surface area contributed by atoms with E-state index in [-0.39, 0.29) is 6.04 Å². The van der Waals surface area contributed by atoms with Crippen LogP contribution >= 0.6 is 27.3 Å². The first-order chi connectivity index (χ1) is 8.58. The topological polar surface area (TPSA) is 12.0 Å². The molecule has 0 bridgehead atoms. The van der Waals surface area contributed by atoms with E-state index in [0.29, 0.717) is 12.0 Å². The van der Waals surface area contributed by atoms with Gasteiger partial charge in [-0.3, -0.25) is 0 Å². The van der Waals surface area contributed by atoms with Crippen molar-refractivity contribution < 1.29 is 8.78 Å². The molecule has 1 N–H and O–H groups in total. The molecule has 0 aliphatic heterocycles. The summed E-state index contributed by atoms with van der Waals surface area (Å²) in [5, 5.41) is 3.09. The van der Waals surface area contributed by atoms with Gasteiger partial charge in [0.25, 0.3) is 0 Å². The lowest BCUT2D eigenvalue weighted by Gasteiger charge is -2.16. The second-order valence-electron chi connectivity index (χ2n) is 3.95. The lowest BCUT2D eigenvalue weighted by Crippen LogP contribution is -2.18. The molecule has 96 valence electrons. The van der Waals surface area contributed by atoms with Gasteiger partial charge in [0.15, 0.2) is 0 Å². The number of nitrogens with one attached hydrogen (secondary N) is 1. The van der Waals surface area contributed by atoms with Crippen molar-refractivity contribution in [2.75, 3.05) is 7.05 Å². The average molecular weight is 332 g/mol. The van der Waals surface area contributed by atoms with E-state index in [9.17, 15) is 8.78 Å². The van der Waals surface area contributed by atoms with Crippen LogP contribution in [0.15, 0.2) is 34.1 Å². The number of likely N-dealkylation sites (N-methyl/N-ethyl adjacent to an activating group) is 1. The van der Waals surface area contributed by atoms with Crippen molar-refractivity contribution in [3.63, 3.8) is 0 Å². The minimum absolute atomic E-state index is 0.0965. The lowest BCUT2D eigenvalue weighted by atomic mass is 10.0. The van der Waals surface area contributed by atoms with Crippen LogP contribution in [0, 0.1) is 11.6 Å². The highest BCUT2D eigenvalue weighted by atomic mass is 79.9. The number of thiophene rings is 1. The first kappa shape index (κ1) is 13.6. The third kappa shape index (κ3) is 3.37. The number of rotatable bonds is 4. The molecular weight excluding hydrogens is 320 g/mol. The fourth-order valence-electron chi connectivity index (χ4n) is 1.83. The Balaban J connectivity index is 2.22. The Kier molecular flexibility index (Phi) is 4.48. The van der Waals surface area contributed by atoms with Crippen molar-refractivity contribution in [3.05, 3.63) is 56.2 Å². The van der Waals surface area contributed by atoms with Crippen LogP contribution in [-0.4, -0.2) is 7.05 Å². The molecule has 0 saturated heterocycles. The van der Waals surface area contributed by atoms with Gasteiger partial charge in [0.1, 0.15) is 11.6 Å². The molecule has 0 amide bonds. The highest BCUT2D eigenvalue weighted by Crippen LogP contribution is 2.27. The third-order valence-corrected chi connectivity index (χ3v) is 4.32. The summed E-state index contributed by atoms with van der Waals surface area (Å²) in [7, 11) is 1.79. The molecule has 0 fully saturated rings. The Bertz CT molecular complexity index is 521. The lowest BCUT2D eigenvalue weighted by molar-refractivity contribution is 0.553. The molecule has 1 nitrogen and oxygen atoms in total. The molecule has 2 aromatic rings. The zero-order chi connectivity index (χ0) is 13.1. The van der Waals surface area contributed by atoms with Crippen molar-refractivity contribution in [3.8, 4) is 0 Å². The van der Waals surface area contributed by atoms with E-state index in [1.807, 2.05) is 12.1 Å². The molecule has 5 heteroatoms. The second-order valence-corrected chi connectivity index (χ2v) is 6.50. The Morgan fingerprint density at radius 3 is 2.39 bits per heavy atom. The van der Waals surface area contributed by atoms with Gasteiger partial charge < -0.3 is 5.32 Å². The van der Waals surface area contributed by atoms with Crippen LogP contribution in [-0.2, 0) is 6.42 Å². The van der Waals surface area contributed by atoms with E-state index in [1.165, 1.54) is 12.1 Å². The molecule has 1 aromatic heterocycles. The van der Waals surface area contributed by atoms with E-state index < -0.39 is 11.6 Å². The smallest absolute Gasteiger partial charge is 0.126 e. The minimum Gasteiger partial charge on any atom is -0.313 e. The third-order valence-electron chi connectivity index (χ3n) is 2.67. The maximum atomic E-state index is 13.2. The van der Waals surface area contributed by atoms with Crippen molar-refractivity contribution in [1.82, 2.24) is 5.32 Å². The molecule has 0 aliphatic carbocycles. The summed E-state index contributed by atoms with van der Waals surface area (Å²) in [6.45, 7) is 0. The first-order valence-corrected chi connectivity index (χ1v) is 7.07. The van der Waals surface area contributed by atoms with Crippen molar-refractivity contribution in [2.24, 2.45) is 0 Å². The van der Waals surface area contributed by atoms with E-state index >= 15 is 0 Å². The largest absolute Gasteiger partial charge is 0.313 e. The van der Waals surface area contributed by atoms with E-state index in [1.54, 1.807) is 18.4 Å². The maximum Gasteiger partial charge on any atom is 0.126 e. The van der Waals surface area contributed by atoms with Gasteiger partial charge in [0, 0.05) is 23.4 Å². The second kappa shape index (κ2) is 5.91. The number of benzene rings is 1. The number of hydrogen-bond acceptors (Lipinski definition) is 2. The van der Waals surface area contributed by atoms with Gasteiger partial charge in [-0.05, 0) is 52.8 Å². The fourth-order valence-corrected chi connectivity index (χ4v) is 3.35. The van der Waals surface area contributed by atoms with Crippen molar-refractivity contribution in [2.45, 2.75) is 12.5 Å². The van der Waals surface area contributed by atoms with Crippen LogP contribution in [0.1, 0.15) is 16.5 Å². The Hall–Kier alpha value is -0.780. The van der Waals surface area contributed by atoms with Crippen LogP contribution < -0.4 is 5.32 Å². The van der Waals surface area contributed by atoms with Gasteiger partial charge in [-0.15, -0.1) is 11.3 Å². The molecule has 0 saturated carbocycles. The normalized spacial score (nSPS) is 12.7. The summed E-state index contributed by atoms with van der Waals surface area (Å²) >= 11 is 5.03. The monoisotopic (exact) mass is 331 g/mol. The predicted octanol–water partition coefficient (Wildman–Crippen LogP) is 4.29. The Morgan fingerprint density at radius 1 is 1.22 bits per heavy atom. The van der Waals surface area contributed by atoms with Gasteiger partial charge in [0.2, 0.25) is 0 Å². The summed E-state index contributed by atoms with van der Waals surface area (Å²) < 4.78 is 27.4. The zero-order valence-corrected chi connectivity index (χ0v) is 12.1. The van der Waals surface area contributed by atoms with Crippen LogP contribution in [0.3, 0.4) is 0 Å². The standard InChI is InChI=1S/C13H12BrF2NS/c1-17-12(7-11-2-3-13(14)18-11)8-4-9(15)6-10(16)5-8/h2-6,12,17H,7H2,1H3. The van der Waals surface area contributed by atoms with Crippen LogP contribution in [0.5, 0.6) is 0 Å². The molecular formula is C13H12BrF2NS. The summed E-state index contributed by atoms with van der Waals surface area (Å²) in [6, 6.07) is 7.51. The molecule has 1 aromatic carbocycles. The average Bonchev–Trinajstić information content (AvgIpc) is 2.70. The van der Waals surface area contributed by atoms with Crippen molar-refractivity contribution >= 4 is 27.3 Å². The maximum absolute atomic E-state index is 13.2. The molecule has 1 unspecified atom stereocenters. The molecule has 1 atom stereocenters. The van der Waals surface area contributed by atoms with Crippen LogP contribution in [0.25, 0.3) is 0 Å². The molecule has 0 radical (unpaired) electrons. The van der Waals surface area contributed by atoms with Gasteiger partial charge in [-0.2, -0.15) is 0 Å². The number of halogens is 3. The molecule has 1 heterocycles.